The van der Waals surface area contributed by atoms with Crippen molar-refractivity contribution in [1.82, 2.24) is 5.32 Å². The summed E-state index contributed by atoms with van der Waals surface area (Å²) in [5.74, 6) is 1.04. The molecule has 1 heterocycles. The number of ether oxygens (including phenoxy) is 1. The van der Waals surface area contributed by atoms with E-state index in [4.69, 9.17) is 9.15 Å². The summed E-state index contributed by atoms with van der Waals surface area (Å²) in [6.45, 7) is 9.02. The number of hydrogen-bond donors (Lipinski definition) is 1. The van der Waals surface area contributed by atoms with E-state index in [9.17, 15) is 4.79 Å². The number of furan rings is 1. The summed E-state index contributed by atoms with van der Waals surface area (Å²) in [5.41, 5.74) is 0.957. The third-order valence-electron chi connectivity index (χ3n) is 2.36. The van der Waals surface area contributed by atoms with E-state index < -0.39 is 0 Å². The van der Waals surface area contributed by atoms with Crippen molar-refractivity contribution in [1.29, 1.82) is 0 Å². The van der Waals surface area contributed by atoms with Crippen LogP contribution >= 0.6 is 0 Å². The quantitative estimate of drug-likeness (QED) is 0.771. The summed E-state index contributed by atoms with van der Waals surface area (Å²) in [7, 11) is 0. The predicted octanol–water partition coefficient (Wildman–Crippen LogP) is 3.08. The lowest BCUT2D eigenvalue weighted by atomic mass is 10.2. The molecular formula is C15H23NO3. The minimum Gasteiger partial charge on any atom is -0.467 e. The van der Waals surface area contributed by atoms with Gasteiger partial charge in [0.05, 0.1) is 12.9 Å². The second kappa shape index (κ2) is 7.79. The third kappa shape index (κ3) is 6.25. The first kappa shape index (κ1) is 15.5. The molecule has 1 atom stereocenters. The van der Waals surface area contributed by atoms with Crippen molar-refractivity contribution in [2.24, 2.45) is 5.92 Å². The molecule has 0 aliphatic carbocycles. The van der Waals surface area contributed by atoms with Crippen molar-refractivity contribution in [3.8, 4) is 0 Å². The van der Waals surface area contributed by atoms with E-state index in [1.165, 1.54) is 0 Å². The maximum Gasteiger partial charge on any atom is 0.244 e. The van der Waals surface area contributed by atoms with Crippen LogP contribution in [0.3, 0.4) is 0 Å². The second-order valence-corrected chi connectivity index (χ2v) is 5.23. The molecule has 0 radical (unpaired) electrons. The van der Waals surface area contributed by atoms with Gasteiger partial charge in [-0.2, -0.15) is 0 Å². The Bertz CT molecular complexity index is 403. The van der Waals surface area contributed by atoms with Gasteiger partial charge >= 0.3 is 0 Å². The monoisotopic (exact) mass is 265 g/mol. The maximum atomic E-state index is 11.8. The molecule has 19 heavy (non-hydrogen) atoms. The van der Waals surface area contributed by atoms with E-state index >= 15 is 0 Å². The fourth-order valence-corrected chi connectivity index (χ4v) is 1.58. The Morgan fingerprint density at radius 3 is 2.68 bits per heavy atom. The van der Waals surface area contributed by atoms with E-state index in [2.05, 4.69) is 19.2 Å². The van der Waals surface area contributed by atoms with E-state index in [0.717, 1.165) is 5.57 Å². The van der Waals surface area contributed by atoms with Gasteiger partial charge in [-0.15, -0.1) is 0 Å². The van der Waals surface area contributed by atoms with Crippen molar-refractivity contribution in [3.05, 3.63) is 35.8 Å². The van der Waals surface area contributed by atoms with Crippen LogP contribution < -0.4 is 5.32 Å². The smallest absolute Gasteiger partial charge is 0.244 e. The van der Waals surface area contributed by atoms with Crippen LogP contribution in [0.25, 0.3) is 0 Å². The van der Waals surface area contributed by atoms with Gasteiger partial charge in [-0.1, -0.05) is 19.4 Å². The number of amides is 1. The van der Waals surface area contributed by atoms with Crippen LogP contribution in [0.5, 0.6) is 0 Å². The molecule has 1 aromatic heterocycles. The number of nitrogens with one attached hydrogen (secondary N) is 1. The highest BCUT2D eigenvalue weighted by molar-refractivity contribution is 5.88. The Morgan fingerprint density at radius 1 is 1.42 bits per heavy atom. The Labute approximate surface area is 114 Å². The van der Waals surface area contributed by atoms with Gasteiger partial charge in [0.15, 0.2) is 0 Å². The molecule has 0 bridgehead atoms. The normalized spacial score (nSPS) is 12.3. The molecule has 1 N–H and O–H groups in total. The number of allylic oxidation sites excluding steroid dienone is 1. The lowest BCUT2D eigenvalue weighted by Gasteiger charge is -2.17. The minimum atomic E-state index is -0.253. The highest BCUT2D eigenvalue weighted by Gasteiger charge is 2.16. The van der Waals surface area contributed by atoms with Crippen molar-refractivity contribution < 1.29 is 13.9 Å². The summed E-state index contributed by atoms with van der Waals surface area (Å²) in [5, 5.41) is 2.89. The molecule has 1 aromatic rings. The maximum absolute atomic E-state index is 11.8. The molecule has 0 saturated heterocycles. The Kier molecular flexibility index (Phi) is 6.36. The molecule has 4 nitrogen and oxygen atoms in total. The lowest BCUT2D eigenvalue weighted by Crippen LogP contribution is -2.30. The van der Waals surface area contributed by atoms with Crippen LogP contribution in [0.1, 0.15) is 39.5 Å². The van der Waals surface area contributed by atoms with Gasteiger partial charge in [0.1, 0.15) is 11.8 Å². The lowest BCUT2D eigenvalue weighted by molar-refractivity contribution is -0.117. The Hall–Kier alpha value is -1.55. The van der Waals surface area contributed by atoms with Crippen LogP contribution in [-0.2, 0) is 9.53 Å². The van der Waals surface area contributed by atoms with E-state index in [-0.39, 0.29) is 11.9 Å². The Balaban J connectivity index is 2.60. The predicted molar refractivity (Wildman–Crippen MR) is 74.7 cm³/mol. The average Bonchev–Trinajstić information content (AvgIpc) is 2.79. The molecule has 0 aliphatic heterocycles. The van der Waals surface area contributed by atoms with Crippen molar-refractivity contribution in [3.63, 3.8) is 0 Å². The first-order valence-corrected chi connectivity index (χ1v) is 6.55. The summed E-state index contributed by atoms with van der Waals surface area (Å²) in [6, 6.07) is 3.39. The number of hydrogen-bond acceptors (Lipinski definition) is 3. The van der Waals surface area contributed by atoms with Gasteiger partial charge in [-0.05, 0) is 31.9 Å². The fraction of sp³-hybridized carbons (Fsp3) is 0.533. The Morgan fingerprint density at radius 2 is 2.16 bits per heavy atom. The summed E-state index contributed by atoms with van der Waals surface area (Å²) >= 11 is 0. The minimum absolute atomic E-state index is 0.130. The van der Waals surface area contributed by atoms with Gasteiger partial charge < -0.3 is 14.5 Å². The molecular weight excluding hydrogens is 242 g/mol. The zero-order valence-electron chi connectivity index (χ0n) is 12.1. The zero-order valence-corrected chi connectivity index (χ0v) is 12.1. The number of carbonyl (C=O) groups is 1. The summed E-state index contributed by atoms with van der Waals surface area (Å²) < 4.78 is 10.9. The first-order valence-electron chi connectivity index (χ1n) is 6.55. The van der Waals surface area contributed by atoms with Gasteiger partial charge in [0, 0.05) is 12.7 Å². The second-order valence-electron chi connectivity index (χ2n) is 5.23. The third-order valence-corrected chi connectivity index (χ3v) is 2.36. The van der Waals surface area contributed by atoms with Gasteiger partial charge in [-0.3, -0.25) is 4.79 Å². The molecule has 0 aliphatic rings. The standard InChI is InChI=1S/C15H23NO3/c1-11(2)8-15(17)16-13(10-18-9-12(3)4)14-6-5-7-19-14/h5-8,12-13H,9-10H2,1-4H3,(H,16,17)/t13-/m0/s1. The SMILES string of the molecule is CC(C)=CC(=O)N[C@@H](COCC(C)C)c1ccco1. The van der Waals surface area contributed by atoms with Gasteiger partial charge in [0.2, 0.25) is 5.91 Å². The largest absolute Gasteiger partial charge is 0.467 e. The zero-order chi connectivity index (χ0) is 14.3. The molecule has 1 rings (SSSR count). The molecule has 0 fully saturated rings. The fourth-order valence-electron chi connectivity index (χ4n) is 1.58. The van der Waals surface area contributed by atoms with Crippen molar-refractivity contribution in [2.75, 3.05) is 13.2 Å². The average molecular weight is 265 g/mol. The summed E-state index contributed by atoms with van der Waals surface area (Å²) in [4.78, 5) is 11.8. The van der Waals surface area contributed by atoms with Gasteiger partial charge in [0.25, 0.3) is 0 Å². The van der Waals surface area contributed by atoms with Crippen LogP contribution in [0.15, 0.2) is 34.5 Å². The van der Waals surface area contributed by atoms with Gasteiger partial charge in [-0.25, -0.2) is 0 Å². The van der Waals surface area contributed by atoms with Crippen molar-refractivity contribution in [2.45, 2.75) is 33.7 Å². The van der Waals surface area contributed by atoms with E-state index in [1.807, 2.05) is 19.9 Å². The number of rotatable bonds is 7. The molecule has 106 valence electrons. The molecule has 0 unspecified atom stereocenters. The van der Waals surface area contributed by atoms with E-state index in [0.29, 0.717) is 24.9 Å². The van der Waals surface area contributed by atoms with E-state index in [1.54, 1.807) is 18.4 Å². The highest BCUT2D eigenvalue weighted by Crippen LogP contribution is 2.14. The molecule has 0 aromatic carbocycles. The van der Waals surface area contributed by atoms with Crippen molar-refractivity contribution >= 4 is 5.91 Å². The van der Waals surface area contributed by atoms with Crippen LogP contribution in [0, 0.1) is 5.92 Å². The number of carbonyl (C=O) groups excluding carboxylic acids is 1. The topological polar surface area (TPSA) is 51.5 Å². The highest BCUT2D eigenvalue weighted by atomic mass is 16.5. The molecule has 0 saturated carbocycles. The first-order chi connectivity index (χ1) is 8.99. The molecule has 4 heteroatoms. The van der Waals surface area contributed by atoms with Crippen LogP contribution in [0.2, 0.25) is 0 Å². The molecule has 0 spiro atoms. The molecule has 1 amide bonds. The summed E-state index contributed by atoms with van der Waals surface area (Å²) in [6.07, 6.45) is 3.16. The van der Waals surface area contributed by atoms with Crippen LogP contribution in [-0.4, -0.2) is 19.1 Å². The van der Waals surface area contributed by atoms with Crippen LogP contribution in [0.4, 0.5) is 0 Å².